The van der Waals surface area contributed by atoms with E-state index in [-0.39, 0.29) is 17.3 Å². The minimum atomic E-state index is -3.69. The van der Waals surface area contributed by atoms with Crippen molar-refractivity contribution in [3.05, 3.63) is 54.2 Å². The Morgan fingerprint density at radius 1 is 1.12 bits per heavy atom. The van der Waals surface area contributed by atoms with Gasteiger partial charge < -0.3 is 19.4 Å². The molecule has 0 spiro atoms. The fraction of sp³-hybridized carbons (Fsp3) is 0.400. The quantitative estimate of drug-likeness (QED) is 0.528. The standard InChI is InChI=1S/C25H31N3O5S/c1-4-27-13-11-18-14-22(9-10-23(18)27)34(30,31)28-12-5-6-20(17-28)25(29)26-16-19-7-8-21(32-2)15-24(19)33-3/h7-11,13-15,20H,4-6,12,16-17H2,1-3H3,(H,26,29)/t20-/m0/s1. The third-order valence-electron chi connectivity index (χ3n) is 6.42. The van der Waals surface area contributed by atoms with Gasteiger partial charge in [-0.1, -0.05) is 0 Å². The third kappa shape index (κ3) is 4.76. The predicted molar refractivity (Wildman–Crippen MR) is 130 cm³/mol. The van der Waals surface area contributed by atoms with E-state index in [9.17, 15) is 13.2 Å². The van der Waals surface area contributed by atoms with E-state index in [1.807, 2.05) is 37.4 Å². The number of amides is 1. The van der Waals surface area contributed by atoms with Crippen molar-refractivity contribution in [1.29, 1.82) is 0 Å². The fourth-order valence-corrected chi connectivity index (χ4v) is 6.02. The van der Waals surface area contributed by atoms with Gasteiger partial charge in [0.25, 0.3) is 0 Å². The van der Waals surface area contributed by atoms with Crippen LogP contribution in [0.25, 0.3) is 10.9 Å². The number of nitrogens with zero attached hydrogens (tertiary/aromatic N) is 2. The maximum absolute atomic E-state index is 13.4. The van der Waals surface area contributed by atoms with E-state index in [2.05, 4.69) is 9.88 Å². The normalized spacial score (nSPS) is 17.0. The van der Waals surface area contributed by atoms with E-state index in [1.165, 1.54) is 4.31 Å². The van der Waals surface area contributed by atoms with E-state index in [0.717, 1.165) is 23.0 Å². The monoisotopic (exact) mass is 485 g/mol. The Morgan fingerprint density at radius 3 is 2.68 bits per heavy atom. The van der Waals surface area contributed by atoms with Crippen LogP contribution >= 0.6 is 0 Å². The molecule has 2 heterocycles. The molecule has 1 aliphatic rings. The fourth-order valence-electron chi connectivity index (χ4n) is 4.46. The summed E-state index contributed by atoms with van der Waals surface area (Å²) in [6.07, 6.45) is 3.24. The molecule has 34 heavy (non-hydrogen) atoms. The van der Waals surface area contributed by atoms with Crippen LogP contribution in [0.2, 0.25) is 0 Å². The Morgan fingerprint density at radius 2 is 1.94 bits per heavy atom. The van der Waals surface area contributed by atoms with Crippen LogP contribution in [0.5, 0.6) is 11.5 Å². The molecule has 8 nitrogen and oxygen atoms in total. The molecule has 0 radical (unpaired) electrons. The lowest BCUT2D eigenvalue weighted by Gasteiger charge is -2.31. The third-order valence-corrected chi connectivity index (χ3v) is 8.28. The number of carbonyl (C=O) groups excluding carboxylic acids is 1. The van der Waals surface area contributed by atoms with Gasteiger partial charge in [-0.2, -0.15) is 4.31 Å². The molecule has 3 aromatic rings. The summed E-state index contributed by atoms with van der Waals surface area (Å²) in [4.78, 5) is 13.2. The number of aromatic nitrogens is 1. The summed E-state index contributed by atoms with van der Waals surface area (Å²) >= 11 is 0. The van der Waals surface area contributed by atoms with Crippen molar-refractivity contribution in [2.75, 3.05) is 27.3 Å². The smallest absolute Gasteiger partial charge is 0.243 e. The average Bonchev–Trinajstić information content (AvgIpc) is 3.29. The first kappa shape index (κ1) is 24.1. The molecular formula is C25H31N3O5S. The lowest BCUT2D eigenvalue weighted by atomic mass is 9.98. The Balaban J connectivity index is 1.45. The van der Waals surface area contributed by atoms with Crippen molar-refractivity contribution in [2.24, 2.45) is 5.92 Å². The first-order chi connectivity index (χ1) is 16.4. The van der Waals surface area contributed by atoms with Crippen molar-refractivity contribution in [3.8, 4) is 11.5 Å². The highest BCUT2D eigenvalue weighted by Gasteiger charge is 2.33. The van der Waals surface area contributed by atoms with E-state index in [4.69, 9.17) is 9.47 Å². The number of ether oxygens (including phenoxy) is 2. The molecule has 182 valence electrons. The van der Waals surface area contributed by atoms with Crippen LogP contribution in [-0.2, 0) is 27.9 Å². The minimum Gasteiger partial charge on any atom is -0.497 e. The van der Waals surface area contributed by atoms with E-state index in [1.54, 1.807) is 32.4 Å². The molecule has 2 aromatic carbocycles. The van der Waals surface area contributed by atoms with Crippen LogP contribution in [0.4, 0.5) is 0 Å². The molecule has 4 rings (SSSR count). The first-order valence-corrected chi connectivity index (χ1v) is 12.9. The largest absolute Gasteiger partial charge is 0.497 e. The lowest BCUT2D eigenvalue weighted by Crippen LogP contribution is -2.45. The van der Waals surface area contributed by atoms with Crippen molar-refractivity contribution in [1.82, 2.24) is 14.2 Å². The molecular weight excluding hydrogens is 454 g/mol. The van der Waals surface area contributed by atoms with Gasteiger partial charge in [-0.3, -0.25) is 4.79 Å². The summed E-state index contributed by atoms with van der Waals surface area (Å²) in [6, 6.07) is 12.6. The van der Waals surface area contributed by atoms with E-state index >= 15 is 0 Å². The summed E-state index contributed by atoms with van der Waals surface area (Å²) in [5.74, 6) is 0.732. The molecule has 0 saturated carbocycles. The van der Waals surface area contributed by atoms with E-state index < -0.39 is 15.9 Å². The molecule has 1 amide bonds. The molecule has 1 N–H and O–H groups in total. The number of nitrogens with one attached hydrogen (secondary N) is 1. The zero-order valence-corrected chi connectivity index (χ0v) is 20.6. The van der Waals surface area contributed by atoms with E-state index in [0.29, 0.717) is 37.4 Å². The van der Waals surface area contributed by atoms with Crippen LogP contribution in [-0.4, -0.2) is 50.5 Å². The zero-order valence-electron chi connectivity index (χ0n) is 19.8. The summed E-state index contributed by atoms with van der Waals surface area (Å²) in [5.41, 5.74) is 1.83. The van der Waals surface area contributed by atoms with Gasteiger partial charge in [0, 0.05) is 54.9 Å². The second kappa shape index (κ2) is 10.1. The van der Waals surface area contributed by atoms with Crippen LogP contribution in [0.1, 0.15) is 25.3 Å². The number of carbonyl (C=O) groups is 1. The Bertz CT molecular complexity index is 1280. The second-order valence-electron chi connectivity index (χ2n) is 8.42. The molecule has 9 heteroatoms. The maximum Gasteiger partial charge on any atom is 0.243 e. The van der Waals surface area contributed by atoms with Crippen molar-refractivity contribution in [3.63, 3.8) is 0 Å². The second-order valence-corrected chi connectivity index (χ2v) is 10.4. The Hall–Kier alpha value is -3.04. The molecule has 1 fully saturated rings. The van der Waals surface area contributed by atoms with Gasteiger partial charge in [0.1, 0.15) is 11.5 Å². The first-order valence-electron chi connectivity index (χ1n) is 11.4. The molecule has 1 atom stereocenters. The topological polar surface area (TPSA) is 89.9 Å². The van der Waals surface area contributed by atoms with Crippen LogP contribution in [0.15, 0.2) is 53.6 Å². The molecule has 0 aliphatic carbocycles. The van der Waals surface area contributed by atoms with Gasteiger partial charge in [0.2, 0.25) is 15.9 Å². The number of sulfonamides is 1. The molecule has 0 bridgehead atoms. The minimum absolute atomic E-state index is 0.159. The highest BCUT2D eigenvalue weighted by molar-refractivity contribution is 7.89. The number of rotatable bonds is 8. The van der Waals surface area contributed by atoms with Gasteiger partial charge in [-0.15, -0.1) is 0 Å². The molecule has 1 aromatic heterocycles. The lowest BCUT2D eigenvalue weighted by molar-refractivity contribution is -0.126. The van der Waals surface area contributed by atoms with Crippen LogP contribution < -0.4 is 14.8 Å². The number of hydrogen-bond donors (Lipinski definition) is 1. The molecule has 1 saturated heterocycles. The Kier molecular flexibility index (Phi) is 7.13. The highest BCUT2D eigenvalue weighted by Crippen LogP contribution is 2.28. The van der Waals surface area contributed by atoms with Crippen molar-refractivity contribution in [2.45, 2.75) is 37.8 Å². The molecule has 0 unspecified atom stereocenters. The number of methoxy groups -OCH3 is 2. The SMILES string of the molecule is CCn1ccc2cc(S(=O)(=O)N3CCC[C@H](C(=O)NCc4ccc(OC)cc4OC)C3)ccc21. The summed E-state index contributed by atoms with van der Waals surface area (Å²) < 4.78 is 40.8. The average molecular weight is 486 g/mol. The van der Waals surface area contributed by atoms with Gasteiger partial charge in [0.15, 0.2) is 0 Å². The zero-order chi connectivity index (χ0) is 24.3. The summed E-state index contributed by atoms with van der Waals surface area (Å²) in [7, 11) is -0.543. The highest BCUT2D eigenvalue weighted by atomic mass is 32.2. The maximum atomic E-state index is 13.4. The predicted octanol–water partition coefficient (Wildman–Crippen LogP) is 3.40. The summed E-state index contributed by atoms with van der Waals surface area (Å²) in [5, 5.41) is 3.83. The van der Waals surface area contributed by atoms with Crippen molar-refractivity contribution >= 4 is 26.8 Å². The Labute approximate surface area is 200 Å². The number of fused-ring (bicyclic) bond motifs is 1. The van der Waals surface area contributed by atoms with Crippen LogP contribution in [0.3, 0.4) is 0 Å². The van der Waals surface area contributed by atoms with Gasteiger partial charge in [-0.25, -0.2) is 8.42 Å². The molecule has 1 aliphatic heterocycles. The van der Waals surface area contributed by atoms with Gasteiger partial charge in [0.05, 0.1) is 25.0 Å². The number of piperidine rings is 1. The van der Waals surface area contributed by atoms with Gasteiger partial charge >= 0.3 is 0 Å². The number of aryl methyl sites for hydroxylation is 1. The van der Waals surface area contributed by atoms with Gasteiger partial charge in [-0.05, 0) is 56.2 Å². The number of hydrogen-bond acceptors (Lipinski definition) is 5. The summed E-state index contributed by atoms with van der Waals surface area (Å²) in [6.45, 7) is 3.74. The van der Waals surface area contributed by atoms with Crippen molar-refractivity contribution < 1.29 is 22.7 Å². The van der Waals surface area contributed by atoms with Crippen LogP contribution in [0, 0.1) is 5.92 Å². The number of benzene rings is 2.